The van der Waals surface area contributed by atoms with Crippen LogP contribution in [0.3, 0.4) is 0 Å². The second-order valence-corrected chi connectivity index (χ2v) is 8.43. The molecule has 0 radical (unpaired) electrons. The number of anilines is 2. The Bertz CT molecular complexity index is 955. The van der Waals surface area contributed by atoms with E-state index in [1.165, 1.54) is 29.7 Å². The molecule has 1 saturated heterocycles. The molecule has 0 aliphatic carbocycles. The lowest BCUT2D eigenvalue weighted by Gasteiger charge is -2.36. The molecule has 2 aromatic carbocycles. The Hall–Kier alpha value is -3.05. The molecule has 168 valence electrons. The van der Waals surface area contributed by atoms with E-state index in [0.717, 1.165) is 50.8 Å². The van der Waals surface area contributed by atoms with E-state index in [1.54, 1.807) is 0 Å². The number of aromatic nitrogens is 1. The molecule has 1 fully saturated rings. The third kappa shape index (κ3) is 6.47. The van der Waals surface area contributed by atoms with Crippen molar-refractivity contribution in [1.82, 2.24) is 9.88 Å². The van der Waals surface area contributed by atoms with Crippen LogP contribution < -0.4 is 15.0 Å². The first-order valence-electron chi connectivity index (χ1n) is 11.7. The quantitative estimate of drug-likeness (QED) is 0.459. The fourth-order valence-corrected chi connectivity index (χ4v) is 4.10. The van der Waals surface area contributed by atoms with Crippen molar-refractivity contribution in [3.63, 3.8) is 0 Å². The number of unbranched alkanes of at least 4 members (excludes halogenated alkanes) is 1. The molecule has 0 bridgehead atoms. The maximum Gasteiger partial charge on any atom is 0.171 e. The van der Waals surface area contributed by atoms with Gasteiger partial charge in [-0.05, 0) is 61.7 Å². The van der Waals surface area contributed by atoms with Gasteiger partial charge in [-0.2, -0.15) is 0 Å². The highest BCUT2D eigenvalue weighted by Gasteiger charge is 2.20. The first-order valence-corrected chi connectivity index (χ1v) is 11.7. The number of rotatable bonds is 10. The topological polar surface area (TPSA) is 40.6 Å². The number of hydrogen-bond acceptors (Lipinski definition) is 5. The molecule has 1 aromatic heterocycles. The molecule has 2 heterocycles. The fraction of sp³-hybridized carbons (Fsp3) is 0.370. The standard InChI is InChI=1S/C27H34N4O/c1-23-9-7-12-25(21-23)28-14-5-6-16-30-17-19-31(20-18-30)27-26(13-8-15-29-27)32-22-24-10-3-2-4-11-24/h2-4,7-13,15,21,28H,5-6,14,16-20,22H2,1H3. The van der Waals surface area contributed by atoms with Gasteiger partial charge in [0.05, 0.1) is 0 Å². The predicted octanol–water partition coefficient (Wildman–Crippen LogP) is 4.98. The molecule has 1 N–H and O–H groups in total. The van der Waals surface area contributed by atoms with Crippen LogP contribution in [-0.4, -0.2) is 49.2 Å². The van der Waals surface area contributed by atoms with Gasteiger partial charge in [-0.15, -0.1) is 0 Å². The monoisotopic (exact) mass is 430 g/mol. The molecular formula is C27H34N4O. The molecule has 5 nitrogen and oxygen atoms in total. The van der Waals surface area contributed by atoms with Gasteiger partial charge in [-0.3, -0.25) is 4.90 Å². The average molecular weight is 431 g/mol. The average Bonchev–Trinajstić information content (AvgIpc) is 2.84. The maximum absolute atomic E-state index is 6.11. The summed E-state index contributed by atoms with van der Waals surface area (Å²) in [5.41, 5.74) is 3.69. The largest absolute Gasteiger partial charge is 0.485 e. The van der Waals surface area contributed by atoms with Crippen molar-refractivity contribution in [2.45, 2.75) is 26.4 Å². The molecule has 0 unspecified atom stereocenters. The molecule has 5 heteroatoms. The summed E-state index contributed by atoms with van der Waals surface area (Å²) in [5, 5.41) is 3.53. The summed E-state index contributed by atoms with van der Waals surface area (Å²) in [5.74, 6) is 1.83. The van der Waals surface area contributed by atoms with Crippen molar-refractivity contribution >= 4 is 11.5 Å². The molecule has 0 saturated carbocycles. The van der Waals surface area contributed by atoms with Crippen molar-refractivity contribution in [2.24, 2.45) is 0 Å². The van der Waals surface area contributed by atoms with Gasteiger partial charge >= 0.3 is 0 Å². The summed E-state index contributed by atoms with van der Waals surface area (Å²) in [6, 6.07) is 22.8. The zero-order valence-electron chi connectivity index (χ0n) is 19.0. The van der Waals surface area contributed by atoms with Crippen LogP contribution in [0.5, 0.6) is 5.75 Å². The van der Waals surface area contributed by atoms with E-state index >= 15 is 0 Å². The minimum Gasteiger partial charge on any atom is -0.485 e. The third-order valence-electron chi connectivity index (χ3n) is 5.91. The van der Waals surface area contributed by atoms with E-state index in [1.807, 2.05) is 36.5 Å². The number of nitrogens with one attached hydrogen (secondary N) is 1. The third-order valence-corrected chi connectivity index (χ3v) is 5.91. The minimum atomic E-state index is 0.566. The highest BCUT2D eigenvalue weighted by molar-refractivity contribution is 5.52. The number of piperazine rings is 1. The van der Waals surface area contributed by atoms with Crippen molar-refractivity contribution < 1.29 is 4.74 Å². The van der Waals surface area contributed by atoms with Crippen molar-refractivity contribution in [1.29, 1.82) is 0 Å². The van der Waals surface area contributed by atoms with Crippen molar-refractivity contribution in [2.75, 3.05) is 49.5 Å². The predicted molar refractivity (Wildman–Crippen MR) is 133 cm³/mol. The molecule has 0 amide bonds. The molecule has 0 spiro atoms. The highest BCUT2D eigenvalue weighted by Crippen LogP contribution is 2.27. The minimum absolute atomic E-state index is 0.566. The molecule has 3 aromatic rings. The van der Waals surface area contributed by atoms with E-state index in [9.17, 15) is 0 Å². The molecule has 4 rings (SSSR count). The van der Waals surface area contributed by atoms with E-state index < -0.39 is 0 Å². The lowest BCUT2D eigenvalue weighted by atomic mass is 10.2. The van der Waals surface area contributed by atoms with Crippen LogP contribution in [-0.2, 0) is 6.61 Å². The van der Waals surface area contributed by atoms with Crippen LogP contribution >= 0.6 is 0 Å². The van der Waals surface area contributed by atoms with Gasteiger partial charge in [0.2, 0.25) is 0 Å². The van der Waals surface area contributed by atoms with E-state index in [2.05, 4.69) is 63.4 Å². The first kappa shape index (κ1) is 22.2. The van der Waals surface area contributed by atoms with E-state index in [4.69, 9.17) is 4.74 Å². The zero-order chi connectivity index (χ0) is 22.0. The SMILES string of the molecule is Cc1cccc(NCCCCN2CCN(c3ncccc3OCc3ccccc3)CC2)c1. The van der Waals surface area contributed by atoms with E-state index in [0.29, 0.717) is 6.61 Å². The summed E-state index contributed by atoms with van der Waals surface area (Å²) in [6.07, 6.45) is 4.26. The second-order valence-electron chi connectivity index (χ2n) is 8.43. The Labute approximate surface area is 192 Å². The van der Waals surface area contributed by atoms with Gasteiger partial charge in [-0.1, -0.05) is 42.5 Å². The van der Waals surface area contributed by atoms with Gasteiger partial charge in [0.1, 0.15) is 6.61 Å². The molecular weight excluding hydrogens is 396 g/mol. The molecule has 1 aliphatic heterocycles. The highest BCUT2D eigenvalue weighted by atomic mass is 16.5. The smallest absolute Gasteiger partial charge is 0.171 e. The Morgan fingerprint density at radius 2 is 1.75 bits per heavy atom. The summed E-state index contributed by atoms with van der Waals surface area (Å²) >= 11 is 0. The Balaban J connectivity index is 1.18. The van der Waals surface area contributed by atoms with Crippen molar-refractivity contribution in [3.8, 4) is 5.75 Å². The lowest BCUT2D eigenvalue weighted by Crippen LogP contribution is -2.47. The number of nitrogens with zero attached hydrogens (tertiary/aromatic N) is 3. The normalized spacial score (nSPS) is 14.3. The fourth-order valence-electron chi connectivity index (χ4n) is 4.10. The number of hydrogen-bond donors (Lipinski definition) is 1. The summed E-state index contributed by atoms with van der Waals surface area (Å²) in [4.78, 5) is 9.56. The number of aryl methyl sites for hydroxylation is 1. The van der Waals surface area contributed by atoms with Crippen LogP contribution in [0.4, 0.5) is 11.5 Å². The first-order chi connectivity index (χ1) is 15.8. The number of pyridine rings is 1. The summed E-state index contributed by atoms with van der Waals surface area (Å²) in [6.45, 7) is 8.99. The zero-order valence-corrected chi connectivity index (χ0v) is 19.0. The summed E-state index contributed by atoms with van der Waals surface area (Å²) in [7, 11) is 0. The van der Waals surface area contributed by atoms with Crippen LogP contribution in [0.25, 0.3) is 0 Å². The van der Waals surface area contributed by atoms with Crippen LogP contribution in [0, 0.1) is 6.92 Å². The van der Waals surface area contributed by atoms with E-state index in [-0.39, 0.29) is 0 Å². The Morgan fingerprint density at radius 3 is 2.56 bits per heavy atom. The van der Waals surface area contributed by atoms with Crippen LogP contribution in [0.1, 0.15) is 24.0 Å². The maximum atomic E-state index is 6.11. The van der Waals surface area contributed by atoms with Gasteiger partial charge in [0.15, 0.2) is 11.6 Å². The lowest BCUT2D eigenvalue weighted by molar-refractivity contribution is 0.251. The van der Waals surface area contributed by atoms with Gasteiger partial charge in [0, 0.05) is 44.6 Å². The van der Waals surface area contributed by atoms with Gasteiger partial charge in [0.25, 0.3) is 0 Å². The Morgan fingerprint density at radius 1 is 0.906 bits per heavy atom. The van der Waals surface area contributed by atoms with Gasteiger partial charge in [-0.25, -0.2) is 4.98 Å². The molecule has 0 atom stereocenters. The number of ether oxygens (including phenoxy) is 1. The van der Waals surface area contributed by atoms with Crippen molar-refractivity contribution in [3.05, 3.63) is 84.1 Å². The Kier molecular flexibility index (Phi) is 7.99. The summed E-state index contributed by atoms with van der Waals surface area (Å²) < 4.78 is 6.11. The number of benzene rings is 2. The van der Waals surface area contributed by atoms with Gasteiger partial charge < -0.3 is 15.0 Å². The van der Waals surface area contributed by atoms with Crippen LogP contribution in [0.15, 0.2) is 72.9 Å². The van der Waals surface area contributed by atoms with Crippen LogP contribution in [0.2, 0.25) is 0 Å². The molecule has 32 heavy (non-hydrogen) atoms. The molecule has 1 aliphatic rings. The second kappa shape index (κ2) is 11.5.